The van der Waals surface area contributed by atoms with Crippen LogP contribution in [0.2, 0.25) is 0 Å². The van der Waals surface area contributed by atoms with Crippen LogP contribution in [0.15, 0.2) is 48.5 Å². The van der Waals surface area contributed by atoms with Gasteiger partial charge in [0.1, 0.15) is 23.7 Å². The summed E-state index contributed by atoms with van der Waals surface area (Å²) in [6, 6.07) is 10.9. The normalized spacial score (nSPS) is 18.6. The highest BCUT2D eigenvalue weighted by molar-refractivity contribution is 6.00. The van der Waals surface area contributed by atoms with Crippen LogP contribution >= 0.6 is 0 Å². The molecular formula is C40H51N3O10. The number of nitrogens with zero attached hydrogens (tertiary/aromatic N) is 2. The van der Waals surface area contributed by atoms with Crippen molar-refractivity contribution in [3.8, 4) is 11.1 Å². The minimum atomic E-state index is -0.938. The minimum absolute atomic E-state index is 0.0820. The molecule has 3 amide bonds. The number of Topliss-reactive ketones (excluding diaryl/α,β-unsaturated/α-hetero) is 2. The molecule has 1 N–H and O–H groups in total. The number of hydrogen-bond acceptors (Lipinski definition) is 10. The van der Waals surface area contributed by atoms with Crippen molar-refractivity contribution in [1.29, 1.82) is 0 Å². The van der Waals surface area contributed by atoms with Crippen LogP contribution in [0.5, 0.6) is 0 Å². The fraction of sp³-hybridized carbons (Fsp3) is 0.525. The molecule has 4 rings (SSSR count). The number of likely N-dealkylation sites (tertiary alicyclic amines) is 2. The predicted octanol–water partition coefficient (Wildman–Crippen LogP) is 4.85. The van der Waals surface area contributed by atoms with Crippen molar-refractivity contribution >= 4 is 41.4 Å². The fourth-order valence-corrected chi connectivity index (χ4v) is 6.51. The Bertz CT molecular complexity index is 1690. The maximum absolute atomic E-state index is 13.1. The molecule has 2 aromatic rings. The summed E-state index contributed by atoms with van der Waals surface area (Å²) in [5.41, 5.74) is 1.49. The standard InChI is InChI=1S/C40H51N3O10/c1-23(2)33(42-19-17-25(5)35(42)46)37(48)51-21-31(44)28-13-9-26(10-14-28)27-11-15-29(16-12-27)32(45)22-52-38(49)34(24(3)4)43-20-18-30(36(43)47)41-39(50)53-40(6,7)8/h9-16,23-25,30,33-34H,17-22H2,1-8H3,(H,41,50)/t25-,30-,33-,34-/m0/s1. The number of carbonyl (C=O) groups is 7. The second-order valence-corrected chi connectivity index (χ2v) is 15.3. The van der Waals surface area contributed by atoms with Gasteiger partial charge in [0.25, 0.3) is 0 Å². The van der Waals surface area contributed by atoms with Gasteiger partial charge < -0.3 is 29.3 Å². The molecule has 286 valence electrons. The lowest BCUT2D eigenvalue weighted by Crippen LogP contribution is -2.50. The van der Waals surface area contributed by atoms with Crippen molar-refractivity contribution < 1.29 is 47.8 Å². The molecule has 2 aromatic carbocycles. The van der Waals surface area contributed by atoms with Crippen molar-refractivity contribution in [2.45, 2.75) is 92.0 Å². The Morgan fingerprint density at radius 2 is 1.11 bits per heavy atom. The number of rotatable bonds is 14. The van der Waals surface area contributed by atoms with E-state index in [2.05, 4.69) is 5.32 Å². The third kappa shape index (κ3) is 10.3. The van der Waals surface area contributed by atoms with Crippen molar-refractivity contribution in [3.05, 3.63) is 59.7 Å². The van der Waals surface area contributed by atoms with Gasteiger partial charge >= 0.3 is 18.0 Å². The van der Waals surface area contributed by atoms with E-state index in [1.807, 2.05) is 20.8 Å². The molecule has 2 heterocycles. The molecule has 53 heavy (non-hydrogen) atoms. The van der Waals surface area contributed by atoms with E-state index in [1.165, 1.54) is 4.90 Å². The minimum Gasteiger partial charge on any atom is -0.456 e. The molecule has 13 heteroatoms. The Morgan fingerprint density at radius 1 is 0.698 bits per heavy atom. The van der Waals surface area contributed by atoms with Crippen LogP contribution in [0, 0.1) is 17.8 Å². The van der Waals surface area contributed by atoms with Gasteiger partial charge in [-0.05, 0) is 56.6 Å². The quantitative estimate of drug-likeness (QED) is 0.161. The van der Waals surface area contributed by atoms with Gasteiger partial charge in [0.05, 0.1) is 0 Å². The summed E-state index contributed by atoms with van der Waals surface area (Å²) in [6.07, 6.45) is 0.260. The van der Waals surface area contributed by atoms with E-state index < -0.39 is 66.7 Å². The fourth-order valence-electron chi connectivity index (χ4n) is 6.51. The van der Waals surface area contributed by atoms with Crippen LogP contribution in [0.1, 0.15) is 88.9 Å². The number of ether oxygens (including phenoxy) is 3. The highest BCUT2D eigenvalue weighted by Gasteiger charge is 2.42. The average Bonchev–Trinajstić information content (AvgIpc) is 3.61. The smallest absolute Gasteiger partial charge is 0.408 e. The number of benzene rings is 2. The predicted molar refractivity (Wildman–Crippen MR) is 195 cm³/mol. The van der Waals surface area contributed by atoms with Gasteiger partial charge in [-0.2, -0.15) is 0 Å². The summed E-state index contributed by atoms with van der Waals surface area (Å²) in [7, 11) is 0. The summed E-state index contributed by atoms with van der Waals surface area (Å²) in [5, 5.41) is 2.57. The lowest BCUT2D eigenvalue weighted by molar-refractivity contribution is -0.155. The summed E-state index contributed by atoms with van der Waals surface area (Å²) in [6.45, 7) is 14.0. The van der Waals surface area contributed by atoms with Crippen molar-refractivity contribution in [2.24, 2.45) is 17.8 Å². The topological polar surface area (TPSA) is 166 Å². The summed E-state index contributed by atoms with van der Waals surface area (Å²) in [5.74, 6) is -3.24. The molecule has 0 aromatic heterocycles. The van der Waals surface area contributed by atoms with Crippen LogP contribution in [-0.4, -0.2) is 101 Å². The molecule has 0 saturated carbocycles. The molecule has 2 saturated heterocycles. The first kappa shape index (κ1) is 40.7. The maximum atomic E-state index is 13.1. The number of esters is 2. The number of hydrogen-bond donors (Lipinski definition) is 1. The molecular weight excluding hydrogens is 682 g/mol. The Morgan fingerprint density at radius 3 is 1.49 bits per heavy atom. The highest BCUT2D eigenvalue weighted by Crippen LogP contribution is 2.26. The second-order valence-electron chi connectivity index (χ2n) is 15.3. The number of amides is 3. The third-order valence-corrected chi connectivity index (χ3v) is 9.29. The molecule has 4 atom stereocenters. The Labute approximate surface area is 310 Å². The third-order valence-electron chi connectivity index (χ3n) is 9.29. The van der Waals surface area contributed by atoms with Gasteiger partial charge in [-0.1, -0.05) is 83.1 Å². The molecule has 2 aliphatic heterocycles. The Balaban J connectivity index is 1.29. The molecule has 0 spiro atoms. The van der Waals surface area contributed by atoms with E-state index >= 15 is 0 Å². The highest BCUT2D eigenvalue weighted by atomic mass is 16.6. The van der Waals surface area contributed by atoms with Gasteiger partial charge in [0, 0.05) is 30.1 Å². The zero-order valence-electron chi connectivity index (χ0n) is 31.8. The number of alkyl carbamates (subject to hydrolysis) is 1. The largest absolute Gasteiger partial charge is 0.456 e. The second kappa shape index (κ2) is 17.2. The monoisotopic (exact) mass is 733 g/mol. The van der Waals surface area contributed by atoms with Crippen LogP contribution in [0.3, 0.4) is 0 Å². The average molecular weight is 734 g/mol. The van der Waals surface area contributed by atoms with E-state index in [0.717, 1.165) is 11.1 Å². The molecule has 2 fully saturated rings. The van der Waals surface area contributed by atoms with Crippen molar-refractivity contribution in [3.63, 3.8) is 0 Å². The number of carbonyl (C=O) groups excluding carboxylic acids is 7. The van der Waals surface area contributed by atoms with Gasteiger partial charge in [-0.25, -0.2) is 14.4 Å². The zero-order chi connectivity index (χ0) is 39.2. The summed E-state index contributed by atoms with van der Waals surface area (Å²) in [4.78, 5) is 92.6. The van der Waals surface area contributed by atoms with E-state index in [0.29, 0.717) is 30.5 Å². The lowest BCUT2D eigenvalue weighted by atomic mass is 10.0. The van der Waals surface area contributed by atoms with Gasteiger partial charge in [0.15, 0.2) is 24.8 Å². The lowest BCUT2D eigenvalue weighted by Gasteiger charge is -2.29. The van der Waals surface area contributed by atoms with E-state index in [-0.39, 0.29) is 36.0 Å². The summed E-state index contributed by atoms with van der Waals surface area (Å²) < 4.78 is 16.0. The van der Waals surface area contributed by atoms with E-state index in [4.69, 9.17) is 14.2 Å². The molecule has 0 unspecified atom stereocenters. The summed E-state index contributed by atoms with van der Waals surface area (Å²) >= 11 is 0. The SMILES string of the molecule is CC(C)[C@@H](C(=O)OCC(=O)c1ccc(-c2ccc(C(=O)COC(=O)[C@H](C(C)C)N3CC[C@H](C)C3=O)cc2)cc1)N1CC[C@H](NC(=O)OC(C)(C)C)C1=O. The Hall–Kier alpha value is -5.07. The van der Waals surface area contributed by atoms with Crippen LogP contribution < -0.4 is 5.32 Å². The van der Waals surface area contributed by atoms with Crippen LogP contribution in [0.4, 0.5) is 4.79 Å². The van der Waals surface area contributed by atoms with Crippen LogP contribution in [-0.2, 0) is 33.4 Å². The molecule has 13 nitrogen and oxygen atoms in total. The number of nitrogens with one attached hydrogen (secondary N) is 1. The zero-order valence-corrected chi connectivity index (χ0v) is 31.8. The van der Waals surface area contributed by atoms with Gasteiger partial charge in [-0.15, -0.1) is 0 Å². The molecule has 0 radical (unpaired) electrons. The maximum Gasteiger partial charge on any atom is 0.408 e. The van der Waals surface area contributed by atoms with Gasteiger partial charge in [0.2, 0.25) is 11.8 Å². The first-order valence-corrected chi connectivity index (χ1v) is 18.1. The molecule has 2 aliphatic rings. The first-order chi connectivity index (χ1) is 24.9. The molecule has 0 aliphatic carbocycles. The Kier molecular flexibility index (Phi) is 13.2. The van der Waals surface area contributed by atoms with Crippen molar-refractivity contribution in [2.75, 3.05) is 26.3 Å². The van der Waals surface area contributed by atoms with E-state index in [1.54, 1.807) is 88.0 Å². The van der Waals surface area contributed by atoms with Crippen LogP contribution in [0.25, 0.3) is 11.1 Å². The first-order valence-electron chi connectivity index (χ1n) is 18.1. The van der Waals surface area contributed by atoms with Gasteiger partial charge in [-0.3, -0.25) is 19.2 Å². The number of ketones is 2. The van der Waals surface area contributed by atoms with Crippen molar-refractivity contribution in [1.82, 2.24) is 15.1 Å². The molecule has 0 bridgehead atoms. The van der Waals surface area contributed by atoms with E-state index in [9.17, 15) is 33.6 Å².